The van der Waals surface area contributed by atoms with Crippen LogP contribution in [0.5, 0.6) is 0 Å². The summed E-state index contributed by atoms with van der Waals surface area (Å²) in [5, 5.41) is 2.69. The van der Waals surface area contributed by atoms with Crippen molar-refractivity contribution >= 4 is 11.7 Å². The number of aromatic nitrogens is 1. The quantitative estimate of drug-likeness (QED) is 0.592. The molecule has 2 heterocycles. The van der Waals surface area contributed by atoms with E-state index in [9.17, 15) is 4.79 Å². The average Bonchev–Trinajstić information content (AvgIpc) is 2.17. The molecule has 0 fully saturated rings. The molecule has 0 radical (unpaired) electrons. The van der Waals surface area contributed by atoms with Crippen LogP contribution in [0.2, 0.25) is 0 Å². The Hall–Kier alpha value is -1.82. The number of rotatable bonds is 0. The van der Waals surface area contributed by atoms with E-state index >= 15 is 0 Å². The summed E-state index contributed by atoms with van der Waals surface area (Å²) in [7, 11) is 0. The van der Waals surface area contributed by atoms with Gasteiger partial charge in [-0.15, -0.1) is 6.42 Å². The molecule has 0 bridgehead atoms. The summed E-state index contributed by atoms with van der Waals surface area (Å²) in [5.74, 6) is 3.18. The summed E-state index contributed by atoms with van der Waals surface area (Å²) in [6.07, 6.45) is 8.06. The Labute approximate surface area is 76.2 Å². The van der Waals surface area contributed by atoms with Crippen LogP contribution in [0.1, 0.15) is 17.5 Å². The molecule has 0 aromatic carbocycles. The number of terminal acetylenes is 1. The van der Waals surface area contributed by atoms with E-state index in [1.807, 2.05) is 6.07 Å². The molecule has 2 rings (SSSR count). The van der Waals surface area contributed by atoms with E-state index in [-0.39, 0.29) is 5.91 Å². The molecule has 13 heavy (non-hydrogen) atoms. The van der Waals surface area contributed by atoms with Crippen LogP contribution < -0.4 is 5.32 Å². The van der Waals surface area contributed by atoms with Crippen LogP contribution in [-0.4, -0.2) is 10.9 Å². The highest BCUT2D eigenvalue weighted by atomic mass is 16.1. The first-order valence-electron chi connectivity index (χ1n) is 4.05. The van der Waals surface area contributed by atoms with Crippen LogP contribution in [0.4, 0.5) is 5.82 Å². The van der Waals surface area contributed by atoms with E-state index in [4.69, 9.17) is 6.42 Å². The fraction of sp³-hybridized carbons (Fsp3) is 0.200. The molecule has 0 atom stereocenters. The third kappa shape index (κ3) is 1.38. The van der Waals surface area contributed by atoms with Gasteiger partial charge in [-0.3, -0.25) is 4.79 Å². The molecular weight excluding hydrogens is 164 g/mol. The van der Waals surface area contributed by atoms with Crippen molar-refractivity contribution in [2.45, 2.75) is 12.8 Å². The number of aryl methyl sites for hydroxylation is 1. The van der Waals surface area contributed by atoms with Gasteiger partial charge < -0.3 is 5.32 Å². The molecule has 1 aliphatic rings. The Kier molecular flexibility index (Phi) is 1.75. The summed E-state index contributed by atoms with van der Waals surface area (Å²) < 4.78 is 0. The van der Waals surface area contributed by atoms with Crippen LogP contribution in [0.3, 0.4) is 0 Å². The van der Waals surface area contributed by atoms with Crippen molar-refractivity contribution in [2.75, 3.05) is 5.32 Å². The van der Waals surface area contributed by atoms with Gasteiger partial charge in [0.05, 0.1) is 0 Å². The molecule has 3 nitrogen and oxygen atoms in total. The number of pyridine rings is 1. The van der Waals surface area contributed by atoms with Gasteiger partial charge in [0.2, 0.25) is 5.91 Å². The van der Waals surface area contributed by atoms with Gasteiger partial charge >= 0.3 is 0 Å². The topological polar surface area (TPSA) is 42.0 Å². The zero-order valence-electron chi connectivity index (χ0n) is 7.00. The van der Waals surface area contributed by atoms with E-state index in [1.165, 1.54) is 0 Å². The van der Waals surface area contributed by atoms with E-state index in [2.05, 4.69) is 16.2 Å². The van der Waals surface area contributed by atoms with Gasteiger partial charge in [0.25, 0.3) is 0 Å². The van der Waals surface area contributed by atoms with E-state index in [0.29, 0.717) is 12.2 Å². The Bertz CT molecular complexity index is 404. The van der Waals surface area contributed by atoms with Crippen LogP contribution in [0.15, 0.2) is 12.3 Å². The second-order valence-corrected chi connectivity index (χ2v) is 2.92. The standard InChI is InChI=1S/C10H8N2O/c1-2-7-5-8-3-4-9(13)12-10(8)11-6-7/h1,5-6H,3-4H2,(H,11,12,13). The molecule has 1 N–H and O–H groups in total. The normalized spacial score (nSPS) is 14.2. The number of fused-ring (bicyclic) bond motifs is 1. The summed E-state index contributed by atoms with van der Waals surface area (Å²) in [6.45, 7) is 0. The van der Waals surface area contributed by atoms with Crippen LogP contribution in [0.25, 0.3) is 0 Å². The van der Waals surface area contributed by atoms with Crippen molar-refractivity contribution in [3.05, 3.63) is 23.4 Å². The number of carbonyl (C=O) groups excluding carboxylic acids is 1. The third-order valence-corrected chi connectivity index (χ3v) is 2.01. The molecule has 1 aromatic heterocycles. The second kappa shape index (κ2) is 2.91. The van der Waals surface area contributed by atoms with Gasteiger partial charge in [0, 0.05) is 18.2 Å². The van der Waals surface area contributed by atoms with Crippen LogP contribution >= 0.6 is 0 Å². The predicted octanol–water partition coefficient (Wildman–Crippen LogP) is 0.948. The average molecular weight is 172 g/mol. The molecule has 1 amide bonds. The van der Waals surface area contributed by atoms with Crippen molar-refractivity contribution < 1.29 is 4.79 Å². The number of carbonyl (C=O) groups is 1. The molecular formula is C10H8N2O. The molecule has 0 saturated heterocycles. The number of nitrogens with zero attached hydrogens (tertiary/aromatic N) is 1. The summed E-state index contributed by atoms with van der Waals surface area (Å²) in [6, 6.07) is 1.89. The van der Waals surface area contributed by atoms with E-state index in [0.717, 1.165) is 17.5 Å². The van der Waals surface area contributed by atoms with Crippen molar-refractivity contribution in [1.29, 1.82) is 0 Å². The third-order valence-electron chi connectivity index (χ3n) is 2.01. The van der Waals surface area contributed by atoms with Crippen molar-refractivity contribution in [1.82, 2.24) is 4.98 Å². The molecule has 0 unspecified atom stereocenters. The summed E-state index contributed by atoms with van der Waals surface area (Å²) >= 11 is 0. The number of amides is 1. The minimum Gasteiger partial charge on any atom is -0.310 e. The van der Waals surface area contributed by atoms with E-state index < -0.39 is 0 Å². The molecule has 3 heteroatoms. The highest BCUT2D eigenvalue weighted by Gasteiger charge is 2.15. The minimum atomic E-state index is 0.0217. The van der Waals surface area contributed by atoms with Gasteiger partial charge in [-0.05, 0) is 18.1 Å². The largest absolute Gasteiger partial charge is 0.310 e. The SMILES string of the molecule is C#Cc1cnc2c(c1)CCC(=O)N2. The Morgan fingerprint density at radius 3 is 3.15 bits per heavy atom. The fourth-order valence-corrected chi connectivity index (χ4v) is 1.34. The maximum Gasteiger partial charge on any atom is 0.225 e. The van der Waals surface area contributed by atoms with Crippen LogP contribution in [-0.2, 0) is 11.2 Å². The zero-order valence-corrected chi connectivity index (χ0v) is 7.00. The highest BCUT2D eigenvalue weighted by molar-refractivity contribution is 5.92. The van der Waals surface area contributed by atoms with Gasteiger partial charge in [0.1, 0.15) is 5.82 Å². The van der Waals surface area contributed by atoms with Crippen molar-refractivity contribution in [3.8, 4) is 12.3 Å². The Morgan fingerprint density at radius 1 is 1.54 bits per heavy atom. The number of hydrogen-bond acceptors (Lipinski definition) is 2. The van der Waals surface area contributed by atoms with Gasteiger partial charge in [-0.25, -0.2) is 4.98 Å². The Balaban J connectivity index is 2.43. The summed E-state index contributed by atoms with van der Waals surface area (Å²) in [5.41, 5.74) is 1.78. The van der Waals surface area contributed by atoms with Crippen LogP contribution in [0, 0.1) is 12.3 Å². The predicted molar refractivity (Wildman–Crippen MR) is 49.1 cm³/mol. The smallest absolute Gasteiger partial charge is 0.225 e. The molecule has 64 valence electrons. The molecule has 0 aliphatic carbocycles. The van der Waals surface area contributed by atoms with Gasteiger partial charge in [-0.2, -0.15) is 0 Å². The first-order valence-corrected chi connectivity index (χ1v) is 4.05. The Morgan fingerprint density at radius 2 is 2.38 bits per heavy atom. The molecule has 0 saturated carbocycles. The molecule has 1 aromatic rings. The lowest BCUT2D eigenvalue weighted by atomic mass is 10.1. The maximum absolute atomic E-state index is 11.0. The highest BCUT2D eigenvalue weighted by Crippen LogP contribution is 2.20. The number of nitrogens with one attached hydrogen (secondary N) is 1. The maximum atomic E-state index is 11.0. The zero-order chi connectivity index (χ0) is 9.26. The lowest BCUT2D eigenvalue weighted by molar-refractivity contribution is -0.116. The fourth-order valence-electron chi connectivity index (χ4n) is 1.34. The first kappa shape index (κ1) is 7.81. The second-order valence-electron chi connectivity index (χ2n) is 2.92. The summed E-state index contributed by atoms with van der Waals surface area (Å²) in [4.78, 5) is 15.1. The first-order chi connectivity index (χ1) is 6.29. The molecule has 0 spiro atoms. The van der Waals surface area contributed by atoms with Crippen molar-refractivity contribution in [2.24, 2.45) is 0 Å². The van der Waals surface area contributed by atoms with Crippen molar-refractivity contribution in [3.63, 3.8) is 0 Å². The minimum absolute atomic E-state index is 0.0217. The van der Waals surface area contributed by atoms with Gasteiger partial charge in [-0.1, -0.05) is 5.92 Å². The lowest BCUT2D eigenvalue weighted by Gasteiger charge is -2.14. The van der Waals surface area contributed by atoms with E-state index in [1.54, 1.807) is 6.20 Å². The lowest BCUT2D eigenvalue weighted by Crippen LogP contribution is -2.20. The monoisotopic (exact) mass is 172 g/mol. The van der Waals surface area contributed by atoms with Gasteiger partial charge in [0.15, 0.2) is 0 Å². The number of hydrogen-bond donors (Lipinski definition) is 1. The molecule has 1 aliphatic heterocycles. The number of anilines is 1.